The second-order valence-electron chi connectivity index (χ2n) is 3.92. The summed E-state index contributed by atoms with van der Waals surface area (Å²) in [6.45, 7) is 3.61. The van der Waals surface area contributed by atoms with Gasteiger partial charge in [-0.25, -0.2) is 0 Å². The minimum absolute atomic E-state index is 0.0777. The average molecular weight is 313 g/mol. The van der Waals surface area contributed by atoms with Crippen molar-refractivity contribution >= 4 is 21.7 Å². The summed E-state index contributed by atoms with van der Waals surface area (Å²) in [5.41, 5.74) is 0.198. The van der Waals surface area contributed by atoms with Crippen LogP contribution in [-0.2, 0) is 0 Å². The zero-order chi connectivity index (χ0) is 13.2. The summed E-state index contributed by atoms with van der Waals surface area (Å²) in [7, 11) is 0. The Morgan fingerprint density at radius 3 is 2.59 bits per heavy atom. The van der Waals surface area contributed by atoms with Gasteiger partial charge >= 0.3 is 6.18 Å². The fourth-order valence-corrected chi connectivity index (χ4v) is 1.86. The Kier molecular flexibility index (Phi) is 4.35. The molecular weight excluding hydrogens is 301 g/mol. The van der Waals surface area contributed by atoms with Crippen LogP contribution in [0, 0.1) is 0 Å². The maximum atomic E-state index is 12.0. The van der Waals surface area contributed by atoms with Gasteiger partial charge in [-0.2, -0.15) is 18.3 Å². The van der Waals surface area contributed by atoms with Crippen LogP contribution in [0.4, 0.5) is 13.2 Å². The van der Waals surface area contributed by atoms with Crippen LogP contribution in [0.15, 0.2) is 10.7 Å². The molecule has 0 aliphatic rings. The van der Waals surface area contributed by atoms with E-state index in [1.165, 1.54) is 10.9 Å². The highest BCUT2D eigenvalue weighted by atomic mass is 79.9. The quantitative estimate of drug-likeness (QED) is 0.794. The number of alkyl halides is 3. The fraction of sp³-hybridized carbons (Fsp3) is 0.600. The predicted octanol–water partition coefficient (Wildman–Crippen LogP) is 3.75. The summed E-state index contributed by atoms with van der Waals surface area (Å²) in [5, 5.41) is 3.95. The normalized spacial score (nSPS) is 12.2. The lowest BCUT2D eigenvalue weighted by molar-refractivity contribution is -0.133. The van der Waals surface area contributed by atoms with E-state index in [0.29, 0.717) is 4.47 Å². The molecule has 0 aliphatic carbocycles. The molecule has 0 N–H and O–H groups in total. The maximum Gasteiger partial charge on any atom is 0.389 e. The lowest BCUT2D eigenvalue weighted by Crippen LogP contribution is -2.16. The smallest absolute Gasteiger partial charge is 0.292 e. The van der Waals surface area contributed by atoms with Gasteiger partial charge in [0.25, 0.3) is 0 Å². The van der Waals surface area contributed by atoms with Gasteiger partial charge in [-0.05, 0) is 29.8 Å². The van der Waals surface area contributed by atoms with Crippen LogP contribution in [0.5, 0.6) is 0 Å². The van der Waals surface area contributed by atoms with Gasteiger partial charge in [0.1, 0.15) is 5.69 Å². The number of Topliss-reactive ketones (excluding diaryl/α,β-unsaturated/α-hetero) is 1. The molecule has 0 bridgehead atoms. The summed E-state index contributed by atoms with van der Waals surface area (Å²) in [5.74, 6) is -0.555. The molecule has 0 amide bonds. The molecular formula is C10H12BrF3N2O. The van der Waals surface area contributed by atoms with Crippen molar-refractivity contribution in [2.45, 2.75) is 38.9 Å². The van der Waals surface area contributed by atoms with Crippen molar-refractivity contribution in [3.8, 4) is 0 Å². The lowest BCUT2D eigenvalue weighted by Gasteiger charge is -2.11. The third kappa shape index (κ3) is 3.83. The van der Waals surface area contributed by atoms with Gasteiger partial charge in [-0.1, -0.05) is 0 Å². The van der Waals surface area contributed by atoms with Crippen LogP contribution in [0.3, 0.4) is 0 Å². The number of hydrogen-bond acceptors (Lipinski definition) is 2. The van der Waals surface area contributed by atoms with Gasteiger partial charge < -0.3 is 0 Å². The van der Waals surface area contributed by atoms with Crippen molar-refractivity contribution in [1.82, 2.24) is 9.78 Å². The Hall–Kier alpha value is -0.850. The highest BCUT2D eigenvalue weighted by Crippen LogP contribution is 2.26. The summed E-state index contributed by atoms with van der Waals surface area (Å²) >= 11 is 3.12. The second kappa shape index (κ2) is 5.20. The third-order valence-corrected chi connectivity index (χ3v) is 2.72. The van der Waals surface area contributed by atoms with Crippen LogP contribution < -0.4 is 0 Å². The molecule has 0 unspecified atom stereocenters. The van der Waals surface area contributed by atoms with Crippen LogP contribution in [0.25, 0.3) is 0 Å². The summed E-state index contributed by atoms with van der Waals surface area (Å²) in [6.07, 6.45) is -4.56. The lowest BCUT2D eigenvalue weighted by atomic mass is 10.1. The number of rotatable bonds is 4. The number of halogens is 4. The van der Waals surface area contributed by atoms with Crippen molar-refractivity contribution in [2.24, 2.45) is 0 Å². The molecule has 0 aliphatic heterocycles. The Bertz CT molecular complexity index is 412. The third-order valence-electron chi connectivity index (χ3n) is 2.14. The molecule has 0 aromatic carbocycles. The first-order valence-electron chi connectivity index (χ1n) is 5.05. The number of carbonyl (C=O) groups excluding carboxylic acids is 1. The molecule has 0 radical (unpaired) electrons. The Morgan fingerprint density at radius 1 is 1.53 bits per heavy atom. The van der Waals surface area contributed by atoms with Gasteiger partial charge in [0.2, 0.25) is 0 Å². The van der Waals surface area contributed by atoms with Gasteiger partial charge in [-0.15, -0.1) is 0 Å². The molecule has 0 atom stereocenters. The van der Waals surface area contributed by atoms with Crippen LogP contribution in [-0.4, -0.2) is 21.7 Å². The number of nitrogens with zero attached hydrogens (tertiary/aromatic N) is 2. The van der Waals surface area contributed by atoms with Crippen molar-refractivity contribution in [3.63, 3.8) is 0 Å². The van der Waals surface area contributed by atoms with Crippen molar-refractivity contribution in [2.75, 3.05) is 0 Å². The van der Waals surface area contributed by atoms with Gasteiger partial charge in [0, 0.05) is 12.5 Å². The van der Waals surface area contributed by atoms with E-state index in [1.807, 2.05) is 0 Å². The average Bonchev–Trinajstić information content (AvgIpc) is 2.55. The Labute approximate surface area is 105 Å². The zero-order valence-corrected chi connectivity index (χ0v) is 11.0. The molecule has 1 aromatic rings. The Balaban J connectivity index is 2.85. The van der Waals surface area contributed by atoms with Gasteiger partial charge in [0.05, 0.1) is 17.1 Å². The first kappa shape index (κ1) is 14.2. The molecule has 0 fully saturated rings. The van der Waals surface area contributed by atoms with Gasteiger partial charge in [0.15, 0.2) is 5.78 Å². The van der Waals surface area contributed by atoms with E-state index in [1.54, 1.807) is 13.8 Å². The first-order chi connectivity index (χ1) is 7.72. The Morgan fingerprint density at radius 2 is 2.12 bits per heavy atom. The molecule has 1 heterocycles. The maximum absolute atomic E-state index is 12.0. The van der Waals surface area contributed by atoms with Crippen LogP contribution >= 0.6 is 15.9 Å². The fourth-order valence-electron chi connectivity index (χ4n) is 1.37. The SMILES string of the molecule is CC(C)n1ncc(Br)c1C(=O)CCC(F)(F)F. The van der Waals surface area contributed by atoms with Crippen molar-refractivity contribution < 1.29 is 18.0 Å². The van der Waals surface area contributed by atoms with E-state index in [-0.39, 0.29) is 11.7 Å². The molecule has 1 rings (SSSR count). The molecule has 96 valence electrons. The van der Waals surface area contributed by atoms with Crippen molar-refractivity contribution in [1.29, 1.82) is 0 Å². The summed E-state index contributed by atoms with van der Waals surface area (Å²) in [6, 6.07) is -0.0777. The minimum Gasteiger partial charge on any atom is -0.292 e. The number of aromatic nitrogens is 2. The molecule has 0 spiro atoms. The molecule has 17 heavy (non-hydrogen) atoms. The van der Waals surface area contributed by atoms with E-state index in [2.05, 4.69) is 21.0 Å². The topological polar surface area (TPSA) is 34.9 Å². The molecule has 0 saturated carbocycles. The second-order valence-corrected chi connectivity index (χ2v) is 4.77. The van der Waals surface area contributed by atoms with Crippen LogP contribution in [0.1, 0.15) is 43.2 Å². The van der Waals surface area contributed by atoms with E-state index >= 15 is 0 Å². The standard InChI is InChI=1S/C10H12BrF3N2O/c1-6(2)16-9(7(11)5-15-16)8(17)3-4-10(12,13)14/h5-6H,3-4H2,1-2H3. The highest BCUT2D eigenvalue weighted by Gasteiger charge is 2.29. The zero-order valence-electron chi connectivity index (χ0n) is 9.38. The first-order valence-corrected chi connectivity index (χ1v) is 5.84. The van der Waals surface area contributed by atoms with Gasteiger partial charge in [-0.3, -0.25) is 9.48 Å². The summed E-state index contributed by atoms with van der Waals surface area (Å²) in [4.78, 5) is 11.7. The van der Waals surface area contributed by atoms with E-state index < -0.39 is 24.8 Å². The molecule has 3 nitrogen and oxygen atoms in total. The number of ketones is 1. The molecule has 0 saturated heterocycles. The monoisotopic (exact) mass is 312 g/mol. The predicted molar refractivity (Wildman–Crippen MR) is 59.9 cm³/mol. The number of carbonyl (C=O) groups is 1. The van der Waals surface area contributed by atoms with Crippen molar-refractivity contribution in [3.05, 3.63) is 16.4 Å². The van der Waals surface area contributed by atoms with E-state index in [9.17, 15) is 18.0 Å². The minimum atomic E-state index is -4.31. The van der Waals surface area contributed by atoms with Crippen LogP contribution in [0.2, 0.25) is 0 Å². The summed E-state index contributed by atoms with van der Waals surface area (Å²) < 4.78 is 37.9. The molecule has 1 aromatic heterocycles. The van der Waals surface area contributed by atoms with E-state index in [0.717, 1.165) is 0 Å². The molecule has 7 heteroatoms. The number of hydrogen-bond donors (Lipinski definition) is 0. The van der Waals surface area contributed by atoms with E-state index in [4.69, 9.17) is 0 Å². The largest absolute Gasteiger partial charge is 0.389 e. The highest BCUT2D eigenvalue weighted by molar-refractivity contribution is 9.10.